The third-order valence-electron chi connectivity index (χ3n) is 3.25. The lowest BCUT2D eigenvalue weighted by atomic mass is 10.2. The van der Waals surface area contributed by atoms with E-state index in [9.17, 15) is 9.18 Å². The molecule has 120 valence electrons. The molecule has 0 radical (unpaired) electrons. The lowest BCUT2D eigenvalue weighted by molar-refractivity contribution is -0.113. The van der Waals surface area contributed by atoms with Crippen LogP contribution >= 0.6 is 11.3 Å². The van der Waals surface area contributed by atoms with Crippen LogP contribution in [-0.4, -0.2) is 15.5 Å². The number of halogens is 1. The van der Waals surface area contributed by atoms with Crippen LogP contribution in [0.5, 0.6) is 0 Å². The van der Waals surface area contributed by atoms with E-state index in [0.29, 0.717) is 22.6 Å². The van der Waals surface area contributed by atoms with Crippen LogP contribution in [-0.2, 0) is 11.3 Å². The van der Waals surface area contributed by atoms with Gasteiger partial charge in [-0.15, -0.1) is 11.3 Å². The average Bonchev–Trinajstić information content (AvgIpc) is 3.03. The van der Waals surface area contributed by atoms with Gasteiger partial charge in [-0.25, -0.2) is 4.39 Å². The molecule has 0 spiro atoms. The van der Waals surface area contributed by atoms with E-state index >= 15 is 0 Å². The summed E-state index contributed by atoms with van der Waals surface area (Å²) in [5.74, 6) is -0.658. The van der Waals surface area contributed by atoms with E-state index in [0.717, 1.165) is 0 Å². The van der Waals surface area contributed by atoms with Crippen molar-refractivity contribution in [1.82, 2.24) is 9.55 Å². The van der Waals surface area contributed by atoms with Gasteiger partial charge in [0.15, 0.2) is 4.80 Å². The Balaban J connectivity index is 1.79. The first kappa shape index (κ1) is 16.0. The van der Waals surface area contributed by atoms with Crippen molar-refractivity contribution in [2.24, 2.45) is 4.99 Å². The lowest BCUT2D eigenvalue weighted by Gasteiger charge is -2.04. The molecule has 0 aliphatic carbocycles. The molecule has 0 bridgehead atoms. The molecule has 0 unspecified atom stereocenters. The van der Waals surface area contributed by atoms with Crippen LogP contribution in [0.15, 0.2) is 71.3 Å². The number of pyridine rings is 1. The molecule has 0 aliphatic heterocycles. The summed E-state index contributed by atoms with van der Waals surface area (Å²) in [7, 11) is 0. The standard InChI is InChI=1S/C18H14FN3OS/c19-16-7-2-1-5-14(16)13-22-11-12-24-18(22)21-17(23)9-8-15-6-3-4-10-20-15/h1-12H,13H2/b9-8+,21-18?. The molecule has 0 aliphatic rings. The summed E-state index contributed by atoms with van der Waals surface area (Å²) in [6.07, 6.45) is 6.42. The SMILES string of the molecule is O=C(/C=C/c1ccccn1)N=c1sccn1Cc1ccccc1F. The van der Waals surface area contributed by atoms with Gasteiger partial charge in [0.2, 0.25) is 0 Å². The molecule has 0 fully saturated rings. The maximum atomic E-state index is 13.8. The van der Waals surface area contributed by atoms with Gasteiger partial charge in [0.25, 0.3) is 5.91 Å². The number of hydrogen-bond acceptors (Lipinski definition) is 3. The van der Waals surface area contributed by atoms with Gasteiger partial charge in [-0.1, -0.05) is 24.3 Å². The van der Waals surface area contributed by atoms with E-state index in [2.05, 4.69) is 9.98 Å². The Kier molecular flexibility index (Phi) is 5.08. The highest BCUT2D eigenvalue weighted by Crippen LogP contribution is 2.08. The second kappa shape index (κ2) is 7.61. The number of amides is 1. The van der Waals surface area contributed by atoms with Crippen LogP contribution in [0.2, 0.25) is 0 Å². The monoisotopic (exact) mass is 339 g/mol. The van der Waals surface area contributed by atoms with Crippen molar-refractivity contribution in [2.75, 3.05) is 0 Å². The Hall–Kier alpha value is -2.86. The Bertz CT molecular complexity index is 928. The fraction of sp³-hybridized carbons (Fsp3) is 0.0556. The van der Waals surface area contributed by atoms with Crippen LogP contribution in [0.25, 0.3) is 6.08 Å². The van der Waals surface area contributed by atoms with Crippen molar-refractivity contribution in [1.29, 1.82) is 0 Å². The minimum atomic E-state index is -0.384. The molecule has 3 aromatic rings. The molecule has 6 heteroatoms. The third kappa shape index (κ3) is 4.11. The van der Waals surface area contributed by atoms with Crippen molar-refractivity contribution >= 4 is 23.3 Å². The van der Waals surface area contributed by atoms with Crippen LogP contribution < -0.4 is 4.80 Å². The molecule has 0 atom stereocenters. The molecule has 0 saturated carbocycles. The summed E-state index contributed by atoms with van der Waals surface area (Å²) in [5.41, 5.74) is 1.24. The maximum absolute atomic E-state index is 13.8. The zero-order valence-corrected chi connectivity index (χ0v) is 13.5. The van der Waals surface area contributed by atoms with Gasteiger partial charge in [-0.3, -0.25) is 9.78 Å². The van der Waals surface area contributed by atoms with Crippen LogP contribution in [0, 0.1) is 5.82 Å². The zero-order valence-electron chi connectivity index (χ0n) is 12.7. The molecule has 1 aromatic carbocycles. The molecule has 24 heavy (non-hydrogen) atoms. The fourth-order valence-corrected chi connectivity index (χ4v) is 2.81. The van der Waals surface area contributed by atoms with Gasteiger partial charge in [0.1, 0.15) is 5.82 Å². The first-order chi connectivity index (χ1) is 11.7. The number of nitrogens with zero attached hydrogens (tertiary/aromatic N) is 3. The van der Waals surface area contributed by atoms with Gasteiger partial charge in [-0.2, -0.15) is 4.99 Å². The number of rotatable bonds is 4. The Labute approximate surface area is 142 Å². The first-order valence-corrected chi connectivity index (χ1v) is 8.15. The lowest BCUT2D eigenvalue weighted by Crippen LogP contribution is -2.17. The molecule has 1 amide bonds. The molecule has 4 nitrogen and oxygen atoms in total. The van der Waals surface area contributed by atoms with E-state index < -0.39 is 0 Å². The number of benzene rings is 1. The minimum absolute atomic E-state index is 0.275. The van der Waals surface area contributed by atoms with Crippen LogP contribution in [0.4, 0.5) is 4.39 Å². The fourth-order valence-electron chi connectivity index (χ4n) is 2.08. The highest BCUT2D eigenvalue weighted by Gasteiger charge is 2.04. The summed E-state index contributed by atoms with van der Waals surface area (Å²) in [5, 5.41) is 1.81. The Morgan fingerprint density at radius 3 is 2.88 bits per heavy atom. The van der Waals surface area contributed by atoms with E-state index in [1.54, 1.807) is 53.4 Å². The predicted octanol–water partition coefficient (Wildman–Crippen LogP) is 3.27. The van der Waals surface area contributed by atoms with Crippen LogP contribution in [0.1, 0.15) is 11.3 Å². The number of carbonyl (C=O) groups is 1. The highest BCUT2D eigenvalue weighted by atomic mass is 32.1. The van der Waals surface area contributed by atoms with E-state index in [1.807, 2.05) is 11.4 Å². The van der Waals surface area contributed by atoms with Gasteiger partial charge in [0, 0.05) is 29.4 Å². The summed E-state index contributed by atoms with van der Waals surface area (Å²) < 4.78 is 15.5. The number of aromatic nitrogens is 2. The average molecular weight is 339 g/mol. The van der Waals surface area contributed by atoms with Crippen molar-refractivity contribution in [3.8, 4) is 0 Å². The van der Waals surface area contributed by atoms with Crippen molar-refractivity contribution in [3.05, 3.63) is 88.2 Å². The number of carbonyl (C=O) groups excluding carboxylic acids is 1. The van der Waals surface area contributed by atoms with Gasteiger partial charge in [0.05, 0.1) is 12.2 Å². The Morgan fingerprint density at radius 1 is 1.25 bits per heavy atom. The van der Waals surface area contributed by atoms with Gasteiger partial charge < -0.3 is 4.57 Å². The van der Waals surface area contributed by atoms with Crippen molar-refractivity contribution in [2.45, 2.75) is 6.54 Å². The van der Waals surface area contributed by atoms with Gasteiger partial charge in [-0.05, 0) is 24.3 Å². The normalized spacial score (nSPS) is 12.0. The molecular formula is C18H14FN3OS. The largest absolute Gasteiger partial charge is 0.319 e. The van der Waals surface area contributed by atoms with Crippen molar-refractivity contribution in [3.63, 3.8) is 0 Å². The molecule has 3 rings (SSSR count). The summed E-state index contributed by atoms with van der Waals surface area (Å²) in [6, 6.07) is 12.0. The zero-order chi connectivity index (χ0) is 16.8. The molecule has 0 saturated heterocycles. The van der Waals surface area contributed by atoms with Crippen LogP contribution in [0.3, 0.4) is 0 Å². The molecular weight excluding hydrogens is 325 g/mol. The predicted molar refractivity (Wildman–Crippen MR) is 91.7 cm³/mol. The summed E-state index contributed by atoms with van der Waals surface area (Å²) in [6.45, 7) is 0.326. The molecule has 2 heterocycles. The van der Waals surface area contributed by atoms with E-state index in [4.69, 9.17) is 0 Å². The minimum Gasteiger partial charge on any atom is -0.319 e. The second-order valence-corrected chi connectivity index (χ2v) is 5.82. The van der Waals surface area contributed by atoms with E-state index in [1.165, 1.54) is 23.5 Å². The topological polar surface area (TPSA) is 47.2 Å². The first-order valence-electron chi connectivity index (χ1n) is 7.27. The second-order valence-electron chi connectivity index (χ2n) is 4.94. The maximum Gasteiger partial charge on any atom is 0.272 e. The quantitative estimate of drug-likeness (QED) is 0.685. The highest BCUT2D eigenvalue weighted by molar-refractivity contribution is 7.07. The third-order valence-corrected chi connectivity index (χ3v) is 4.04. The molecule has 0 N–H and O–H groups in total. The van der Waals surface area contributed by atoms with E-state index in [-0.39, 0.29) is 11.7 Å². The summed E-state index contributed by atoms with van der Waals surface area (Å²) in [4.78, 5) is 20.7. The smallest absolute Gasteiger partial charge is 0.272 e. The van der Waals surface area contributed by atoms with Crippen molar-refractivity contribution < 1.29 is 9.18 Å². The number of thiazole rings is 1. The van der Waals surface area contributed by atoms with Gasteiger partial charge >= 0.3 is 0 Å². The molecule has 2 aromatic heterocycles. The number of hydrogen-bond donors (Lipinski definition) is 0. The Morgan fingerprint density at radius 2 is 2.08 bits per heavy atom. The summed E-state index contributed by atoms with van der Waals surface area (Å²) >= 11 is 1.33.